The second-order valence-electron chi connectivity index (χ2n) is 6.85. The van der Waals surface area contributed by atoms with E-state index >= 15 is 0 Å². The summed E-state index contributed by atoms with van der Waals surface area (Å²) in [7, 11) is 1.97. The molecule has 3 heterocycles. The fraction of sp³-hybridized carbons (Fsp3) is 0.125. The lowest BCUT2D eigenvalue weighted by molar-refractivity contribution is 0.742. The highest BCUT2D eigenvalue weighted by molar-refractivity contribution is 5.83. The van der Waals surface area contributed by atoms with E-state index in [0.717, 1.165) is 50.7 Å². The zero-order chi connectivity index (χ0) is 19.7. The van der Waals surface area contributed by atoms with Gasteiger partial charge in [0.15, 0.2) is 0 Å². The zero-order valence-electron chi connectivity index (χ0n) is 16.3. The predicted octanol–water partition coefficient (Wildman–Crippen LogP) is 5.47. The lowest BCUT2D eigenvalue weighted by atomic mass is 9.99. The van der Waals surface area contributed by atoms with Gasteiger partial charge in [-0.15, -0.1) is 0 Å². The molecule has 0 N–H and O–H groups in total. The van der Waals surface area contributed by atoms with Crippen molar-refractivity contribution in [1.82, 2.24) is 19.7 Å². The number of pyridine rings is 2. The van der Waals surface area contributed by atoms with Gasteiger partial charge in [0.2, 0.25) is 0 Å². The quantitative estimate of drug-likeness (QED) is 0.481. The van der Waals surface area contributed by atoms with Crippen molar-refractivity contribution in [1.29, 1.82) is 0 Å². The monoisotopic (exact) mass is 366 g/mol. The lowest BCUT2D eigenvalue weighted by Crippen LogP contribution is -1.93. The average molecular weight is 366 g/mol. The molecule has 4 heteroatoms. The van der Waals surface area contributed by atoms with Gasteiger partial charge < -0.3 is 0 Å². The van der Waals surface area contributed by atoms with Crippen molar-refractivity contribution >= 4 is 6.08 Å². The third-order valence-corrected chi connectivity index (χ3v) is 4.96. The maximum absolute atomic E-state index is 4.75. The van der Waals surface area contributed by atoms with Crippen LogP contribution in [0.5, 0.6) is 0 Å². The molecule has 28 heavy (non-hydrogen) atoms. The van der Waals surface area contributed by atoms with E-state index < -0.39 is 0 Å². The van der Waals surface area contributed by atoms with Gasteiger partial charge in [0.25, 0.3) is 0 Å². The Bertz CT molecular complexity index is 1150. The van der Waals surface area contributed by atoms with Crippen molar-refractivity contribution in [3.05, 3.63) is 84.3 Å². The largest absolute Gasteiger partial charge is 0.272 e. The molecule has 0 aliphatic heterocycles. The SMILES string of the molecule is C=Cc1ccc(-c2cc(-c3c(-c4cccc(C)n4)nn(C)c3C)ccn2)cc1. The van der Waals surface area contributed by atoms with E-state index in [1.165, 1.54) is 0 Å². The van der Waals surface area contributed by atoms with Gasteiger partial charge in [0, 0.05) is 35.8 Å². The van der Waals surface area contributed by atoms with Crippen LogP contribution >= 0.6 is 0 Å². The van der Waals surface area contributed by atoms with Crippen LogP contribution < -0.4 is 0 Å². The van der Waals surface area contributed by atoms with Gasteiger partial charge in [-0.05, 0) is 49.2 Å². The molecule has 4 rings (SSSR count). The molecule has 0 aliphatic carbocycles. The normalized spacial score (nSPS) is 10.8. The maximum atomic E-state index is 4.75. The molecule has 1 aromatic carbocycles. The number of aryl methyl sites for hydroxylation is 2. The van der Waals surface area contributed by atoms with Crippen molar-refractivity contribution in [3.63, 3.8) is 0 Å². The highest BCUT2D eigenvalue weighted by Crippen LogP contribution is 2.34. The minimum Gasteiger partial charge on any atom is -0.272 e. The zero-order valence-corrected chi connectivity index (χ0v) is 16.3. The minimum atomic E-state index is 0.882. The third-order valence-electron chi connectivity index (χ3n) is 4.96. The Labute approximate surface area is 165 Å². The number of benzene rings is 1. The second-order valence-corrected chi connectivity index (χ2v) is 6.85. The Morgan fingerprint density at radius 1 is 0.929 bits per heavy atom. The summed E-state index contributed by atoms with van der Waals surface area (Å²) in [6.45, 7) is 7.89. The smallest absolute Gasteiger partial charge is 0.119 e. The highest BCUT2D eigenvalue weighted by atomic mass is 15.3. The molecule has 0 fully saturated rings. The molecule has 4 aromatic rings. The molecule has 0 saturated carbocycles. The van der Waals surface area contributed by atoms with E-state index in [1.54, 1.807) is 0 Å². The van der Waals surface area contributed by atoms with Crippen LogP contribution in [0.1, 0.15) is 17.0 Å². The van der Waals surface area contributed by atoms with Crippen molar-refractivity contribution in [3.8, 4) is 33.8 Å². The summed E-state index contributed by atoms with van der Waals surface area (Å²) >= 11 is 0. The topological polar surface area (TPSA) is 43.6 Å². The molecule has 0 spiro atoms. The van der Waals surface area contributed by atoms with Gasteiger partial charge in [-0.25, -0.2) is 0 Å². The van der Waals surface area contributed by atoms with Gasteiger partial charge in [-0.1, -0.05) is 43.0 Å². The van der Waals surface area contributed by atoms with Crippen LogP contribution in [0.3, 0.4) is 0 Å². The Balaban J connectivity index is 1.84. The molecule has 0 unspecified atom stereocenters. The molecule has 0 saturated heterocycles. The van der Waals surface area contributed by atoms with E-state index in [1.807, 2.05) is 67.3 Å². The Morgan fingerprint density at radius 3 is 2.43 bits per heavy atom. The first-order valence-electron chi connectivity index (χ1n) is 9.24. The molecular weight excluding hydrogens is 344 g/mol. The summed E-state index contributed by atoms with van der Waals surface area (Å²) in [5.41, 5.74) is 9.12. The van der Waals surface area contributed by atoms with Crippen molar-refractivity contribution in [2.24, 2.45) is 7.05 Å². The first kappa shape index (κ1) is 17.9. The second kappa shape index (κ2) is 7.24. The average Bonchev–Trinajstić information content (AvgIpc) is 3.03. The van der Waals surface area contributed by atoms with Crippen molar-refractivity contribution in [2.75, 3.05) is 0 Å². The van der Waals surface area contributed by atoms with E-state index in [2.05, 4.69) is 41.7 Å². The van der Waals surface area contributed by atoms with Crippen LogP contribution in [-0.4, -0.2) is 19.7 Å². The first-order valence-corrected chi connectivity index (χ1v) is 9.24. The Morgan fingerprint density at radius 2 is 1.71 bits per heavy atom. The Kier molecular flexibility index (Phi) is 4.62. The number of nitrogens with zero attached hydrogens (tertiary/aromatic N) is 4. The van der Waals surface area contributed by atoms with Crippen LogP contribution in [0, 0.1) is 13.8 Å². The summed E-state index contributed by atoms with van der Waals surface area (Å²) in [5, 5.41) is 4.75. The summed E-state index contributed by atoms with van der Waals surface area (Å²) in [4.78, 5) is 9.26. The van der Waals surface area contributed by atoms with Crippen molar-refractivity contribution < 1.29 is 0 Å². The number of hydrogen-bond donors (Lipinski definition) is 0. The summed E-state index contributed by atoms with van der Waals surface area (Å²) in [5.74, 6) is 0. The number of hydrogen-bond acceptors (Lipinski definition) is 3. The molecule has 3 aromatic heterocycles. The first-order chi connectivity index (χ1) is 13.6. The molecule has 138 valence electrons. The summed E-state index contributed by atoms with van der Waals surface area (Å²) in [6.07, 6.45) is 3.69. The van der Waals surface area contributed by atoms with Crippen LogP contribution in [0.25, 0.3) is 39.8 Å². The van der Waals surface area contributed by atoms with E-state index in [0.29, 0.717) is 0 Å². The fourth-order valence-corrected chi connectivity index (χ4v) is 3.34. The van der Waals surface area contributed by atoms with Gasteiger partial charge in [-0.2, -0.15) is 5.10 Å². The standard InChI is InChI=1S/C24H22N4/c1-5-18-9-11-19(12-10-18)22-15-20(13-14-25-22)23-17(3)28(4)27-24(23)21-8-6-7-16(2)26-21/h5-15H,1H2,2-4H3. The lowest BCUT2D eigenvalue weighted by Gasteiger charge is -2.08. The molecular formula is C24H22N4. The maximum Gasteiger partial charge on any atom is 0.119 e. The molecule has 0 radical (unpaired) electrons. The van der Waals surface area contributed by atoms with Crippen molar-refractivity contribution in [2.45, 2.75) is 13.8 Å². The van der Waals surface area contributed by atoms with Gasteiger partial charge in [0.05, 0.1) is 11.4 Å². The van der Waals surface area contributed by atoms with Crippen LogP contribution in [0.2, 0.25) is 0 Å². The van der Waals surface area contributed by atoms with E-state index in [-0.39, 0.29) is 0 Å². The van der Waals surface area contributed by atoms with E-state index in [4.69, 9.17) is 5.10 Å². The van der Waals surface area contributed by atoms with E-state index in [9.17, 15) is 0 Å². The third kappa shape index (κ3) is 3.25. The summed E-state index contributed by atoms with van der Waals surface area (Å²) in [6, 6.07) is 18.4. The highest BCUT2D eigenvalue weighted by Gasteiger charge is 2.18. The Hall–Kier alpha value is -3.53. The molecule has 4 nitrogen and oxygen atoms in total. The van der Waals surface area contributed by atoms with Crippen LogP contribution in [0.4, 0.5) is 0 Å². The fourth-order valence-electron chi connectivity index (χ4n) is 3.34. The van der Waals surface area contributed by atoms with Crippen LogP contribution in [-0.2, 0) is 7.05 Å². The summed E-state index contributed by atoms with van der Waals surface area (Å²) < 4.78 is 1.91. The van der Waals surface area contributed by atoms with Gasteiger partial charge in [-0.3, -0.25) is 14.6 Å². The number of aromatic nitrogens is 4. The van der Waals surface area contributed by atoms with Gasteiger partial charge >= 0.3 is 0 Å². The molecule has 0 aliphatic rings. The minimum absolute atomic E-state index is 0.882. The van der Waals surface area contributed by atoms with Crippen LogP contribution in [0.15, 0.2) is 67.4 Å². The predicted molar refractivity (Wildman–Crippen MR) is 115 cm³/mol. The number of rotatable bonds is 4. The molecule has 0 atom stereocenters. The molecule has 0 amide bonds. The van der Waals surface area contributed by atoms with Gasteiger partial charge in [0.1, 0.15) is 5.69 Å². The molecule has 0 bridgehead atoms.